The Bertz CT molecular complexity index is 1100. The Hall–Kier alpha value is -3.87. The van der Waals surface area contributed by atoms with Crippen LogP contribution in [0.2, 0.25) is 0 Å². The molecule has 0 aliphatic carbocycles. The van der Waals surface area contributed by atoms with E-state index in [0.717, 1.165) is 0 Å². The van der Waals surface area contributed by atoms with Gasteiger partial charge in [0, 0.05) is 28.6 Å². The van der Waals surface area contributed by atoms with Gasteiger partial charge in [-0.15, -0.1) is 0 Å². The normalized spacial score (nSPS) is 15.4. The van der Waals surface area contributed by atoms with E-state index in [4.69, 9.17) is 4.74 Å². The van der Waals surface area contributed by atoms with E-state index in [-0.39, 0.29) is 11.6 Å². The minimum absolute atomic E-state index is 0.0188. The summed E-state index contributed by atoms with van der Waals surface area (Å²) in [6.45, 7) is 1.69. The number of nitrogens with one attached hydrogen (secondary N) is 1. The molecule has 0 fully saturated rings. The number of aryl methyl sites for hydroxylation is 1. The number of nitro groups is 1. The summed E-state index contributed by atoms with van der Waals surface area (Å²) < 4.78 is 5.21. The fraction of sp³-hybridized carbons (Fsp3) is 0.136. The molecule has 146 valence electrons. The van der Waals surface area contributed by atoms with E-state index in [2.05, 4.69) is 5.32 Å². The van der Waals surface area contributed by atoms with Crippen molar-refractivity contribution in [2.45, 2.75) is 13.1 Å². The fourth-order valence-corrected chi connectivity index (χ4v) is 3.49. The van der Waals surface area contributed by atoms with E-state index in [1.165, 1.54) is 6.07 Å². The van der Waals surface area contributed by atoms with Crippen LogP contribution in [0.5, 0.6) is 5.75 Å². The summed E-state index contributed by atoms with van der Waals surface area (Å²) in [6, 6.07) is 19.4. The number of amides is 1. The average molecular weight is 389 g/mol. The number of hydrogen-bond acceptors (Lipinski definition) is 5. The number of carbonyl (C=O) groups excluding carboxylic acids is 1. The molecule has 29 heavy (non-hydrogen) atoms. The number of hydrogen-bond donors (Lipinski definition) is 1. The zero-order valence-corrected chi connectivity index (χ0v) is 16.0. The number of benzene rings is 3. The van der Waals surface area contributed by atoms with Crippen LogP contribution in [0.1, 0.15) is 27.7 Å². The van der Waals surface area contributed by atoms with Gasteiger partial charge in [0.05, 0.1) is 17.6 Å². The van der Waals surface area contributed by atoms with Gasteiger partial charge in [-0.2, -0.15) is 0 Å². The van der Waals surface area contributed by atoms with E-state index >= 15 is 0 Å². The molecule has 3 aromatic carbocycles. The first-order chi connectivity index (χ1) is 14.0. The number of para-hydroxylation sites is 1. The minimum Gasteiger partial charge on any atom is -0.497 e. The zero-order chi connectivity index (χ0) is 20.5. The van der Waals surface area contributed by atoms with Crippen LogP contribution in [-0.2, 0) is 0 Å². The van der Waals surface area contributed by atoms with Crippen LogP contribution in [0, 0.1) is 17.0 Å². The second-order valence-electron chi connectivity index (χ2n) is 6.77. The number of nitrogens with zero attached hydrogens (tertiary/aromatic N) is 2. The summed E-state index contributed by atoms with van der Waals surface area (Å²) in [5.74, 6) is 0.492. The van der Waals surface area contributed by atoms with Gasteiger partial charge in [-0.3, -0.25) is 19.8 Å². The van der Waals surface area contributed by atoms with Crippen molar-refractivity contribution in [2.75, 3.05) is 17.3 Å². The first-order valence-electron chi connectivity index (χ1n) is 9.07. The highest BCUT2D eigenvalue weighted by Crippen LogP contribution is 2.38. The topological polar surface area (TPSA) is 84.7 Å². The van der Waals surface area contributed by atoms with Crippen molar-refractivity contribution >= 4 is 23.0 Å². The second-order valence-corrected chi connectivity index (χ2v) is 6.77. The highest BCUT2D eigenvalue weighted by atomic mass is 16.6. The number of fused-ring (bicyclic) bond motifs is 1. The van der Waals surface area contributed by atoms with Gasteiger partial charge in [-0.05, 0) is 43.3 Å². The van der Waals surface area contributed by atoms with E-state index < -0.39 is 11.1 Å². The highest BCUT2D eigenvalue weighted by molar-refractivity contribution is 6.12. The van der Waals surface area contributed by atoms with Gasteiger partial charge in [-0.1, -0.05) is 24.3 Å². The largest absolute Gasteiger partial charge is 0.497 e. The molecule has 1 aliphatic heterocycles. The third-order valence-electron chi connectivity index (χ3n) is 5.02. The molecule has 0 radical (unpaired) electrons. The maximum Gasteiger partial charge on any atom is 0.272 e. The Morgan fingerprint density at radius 2 is 1.79 bits per heavy atom. The smallest absolute Gasteiger partial charge is 0.272 e. The van der Waals surface area contributed by atoms with Gasteiger partial charge >= 0.3 is 0 Å². The highest BCUT2D eigenvalue weighted by Gasteiger charge is 2.34. The Balaban J connectivity index is 1.86. The van der Waals surface area contributed by atoms with Crippen molar-refractivity contribution in [1.82, 2.24) is 0 Å². The molecule has 4 rings (SSSR count). The van der Waals surface area contributed by atoms with Crippen molar-refractivity contribution in [3.63, 3.8) is 0 Å². The van der Waals surface area contributed by atoms with Crippen molar-refractivity contribution in [3.05, 3.63) is 93.5 Å². The number of anilines is 2. The van der Waals surface area contributed by atoms with Crippen LogP contribution in [0.25, 0.3) is 0 Å². The maximum atomic E-state index is 13.4. The second kappa shape index (κ2) is 7.27. The molecule has 0 saturated carbocycles. The van der Waals surface area contributed by atoms with Gasteiger partial charge in [0.15, 0.2) is 0 Å². The molecule has 0 bridgehead atoms. The SMILES string of the molecule is COc1ccc(N2C(=O)c3ccccc3N[C@@H]2c2ccc(C)c([N+](=O)[O-])c2)cc1. The van der Waals surface area contributed by atoms with Crippen molar-refractivity contribution in [3.8, 4) is 5.75 Å². The fourth-order valence-electron chi connectivity index (χ4n) is 3.49. The molecule has 1 aliphatic rings. The molecular weight excluding hydrogens is 370 g/mol. The van der Waals surface area contributed by atoms with E-state index in [9.17, 15) is 14.9 Å². The molecule has 1 heterocycles. The lowest BCUT2D eigenvalue weighted by Crippen LogP contribution is -2.43. The van der Waals surface area contributed by atoms with Crippen molar-refractivity contribution in [1.29, 1.82) is 0 Å². The maximum absolute atomic E-state index is 13.4. The monoisotopic (exact) mass is 389 g/mol. The van der Waals surface area contributed by atoms with Crippen molar-refractivity contribution in [2.24, 2.45) is 0 Å². The quantitative estimate of drug-likeness (QED) is 0.517. The summed E-state index contributed by atoms with van der Waals surface area (Å²) in [7, 11) is 1.58. The molecule has 3 aromatic rings. The Kier molecular flexibility index (Phi) is 4.64. The summed E-state index contributed by atoms with van der Waals surface area (Å²) in [4.78, 5) is 26.0. The zero-order valence-electron chi connectivity index (χ0n) is 16.0. The predicted molar refractivity (Wildman–Crippen MR) is 110 cm³/mol. The third kappa shape index (κ3) is 3.27. The minimum atomic E-state index is -0.593. The van der Waals surface area contributed by atoms with Gasteiger partial charge in [0.2, 0.25) is 0 Å². The molecule has 1 atom stereocenters. The van der Waals surface area contributed by atoms with E-state index in [1.807, 2.05) is 18.2 Å². The molecule has 1 amide bonds. The Morgan fingerprint density at radius 1 is 1.07 bits per heavy atom. The third-order valence-corrected chi connectivity index (χ3v) is 5.02. The van der Waals surface area contributed by atoms with Crippen molar-refractivity contribution < 1.29 is 14.5 Å². The first kappa shape index (κ1) is 18.5. The number of nitro benzene ring substituents is 1. The van der Waals surface area contributed by atoms with E-state index in [0.29, 0.717) is 33.8 Å². The van der Waals surface area contributed by atoms with Crippen LogP contribution < -0.4 is 15.0 Å². The Morgan fingerprint density at radius 3 is 2.48 bits per heavy atom. The van der Waals surface area contributed by atoms with Gasteiger partial charge in [0.25, 0.3) is 11.6 Å². The molecule has 0 saturated heterocycles. The molecule has 0 aromatic heterocycles. The molecule has 7 nitrogen and oxygen atoms in total. The number of methoxy groups -OCH3 is 1. The molecule has 0 unspecified atom stereocenters. The molecule has 1 N–H and O–H groups in total. The average Bonchev–Trinajstić information content (AvgIpc) is 2.74. The summed E-state index contributed by atoms with van der Waals surface area (Å²) in [5, 5.41) is 14.8. The lowest BCUT2D eigenvalue weighted by atomic mass is 10.0. The molecule has 0 spiro atoms. The number of carbonyl (C=O) groups is 1. The summed E-state index contributed by atoms with van der Waals surface area (Å²) in [5.41, 5.74) is 3.10. The van der Waals surface area contributed by atoms with Gasteiger partial charge in [0.1, 0.15) is 11.9 Å². The van der Waals surface area contributed by atoms with Gasteiger partial charge in [-0.25, -0.2) is 0 Å². The molecular formula is C22H19N3O4. The van der Waals surface area contributed by atoms with Crippen LogP contribution in [0.4, 0.5) is 17.1 Å². The summed E-state index contributed by atoms with van der Waals surface area (Å²) >= 11 is 0. The lowest BCUT2D eigenvalue weighted by molar-refractivity contribution is -0.385. The van der Waals surface area contributed by atoms with E-state index in [1.54, 1.807) is 61.4 Å². The number of rotatable bonds is 4. The van der Waals surface area contributed by atoms with Gasteiger partial charge < -0.3 is 10.1 Å². The predicted octanol–water partition coefficient (Wildman–Crippen LogP) is 4.68. The van der Waals surface area contributed by atoms with Crippen LogP contribution in [0.15, 0.2) is 66.7 Å². The Labute approximate surface area is 167 Å². The standard InChI is InChI=1S/C22H19N3O4/c1-14-7-8-15(13-20(14)25(27)28)21-23-19-6-4-3-5-18(19)22(26)24(21)16-9-11-17(29-2)12-10-16/h3-13,21,23H,1-2H3/t21-/m0/s1. The van der Waals surface area contributed by atoms with Crippen LogP contribution in [0.3, 0.4) is 0 Å². The lowest BCUT2D eigenvalue weighted by Gasteiger charge is -2.38. The van der Waals surface area contributed by atoms with Crippen LogP contribution in [-0.4, -0.2) is 17.9 Å². The summed E-state index contributed by atoms with van der Waals surface area (Å²) in [6.07, 6.45) is -0.593. The van der Waals surface area contributed by atoms with Crippen LogP contribution >= 0.6 is 0 Å². The molecule has 7 heteroatoms. The first-order valence-corrected chi connectivity index (χ1v) is 9.07. The number of ether oxygens (including phenoxy) is 1.